The van der Waals surface area contributed by atoms with Gasteiger partial charge in [0, 0.05) is 12.8 Å². The lowest BCUT2D eigenvalue weighted by molar-refractivity contribution is -0.00409. The van der Waals surface area contributed by atoms with Gasteiger partial charge < -0.3 is 5.11 Å². The van der Waals surface area contributed by atoms with Crippen molar-refractivity contribution in [2.24, 2.45) is 0 Å². The first-order chi connectivity index (χ1) is 4.43. The molecule has 0 radical (unpaired) electrons. The van der Waals surface area contributed by atoms with Gasteiger partial charge in [-0.15, -0.1) is 0 Å². The maximum Gasteiger partial charge on any atom is 0.166 e. The molecule has 1 aliphatic rings. The maximum absolute atomic E-state index is 10.8. The van der Waals surface area contributed by atoms with E-state index in [1.165, 1.54) is 0 Å². The molecule has 0 aromatic carbocycles. The molecule has 0 bridgehead atoms. The van der Waals surface area contributed by atoms with Crippen LogP contribution in [0.25, 0.3) is 0 Å². The quantitative estimate of drug-likeness (QED) is 0.522. The normalized spacial score (nSPS) is 35.5. The zero-order valence-electron chi connectivity index (χ0n) is 5.98. The molecule has 1 rings (SSSR count). The van der Waals surface area contributed by atoms with Crippen LogP contribution in [0, 0.1) is 0 Å². The van der Waals surface area contributed by atoms with Crippen LogP contribution in [0.5, 0.6) is 0 Å². The number of hydrogen-bond acceptors (Lipinski definition) is 4. The van der Waals surface area contributed by atoms with Gasteiger partial charge >= 0.3 is 0 Å². The van der Waals surface area contributed by atoms with Crippen molar-refractivity contribution in [3.8, 4) is 0 Å². The third-order valence-electron chi connectivity index (χ3n) is 1.68. The number of aliphatic hydroxyl groups excluding tert-OH is 1. The molecule has 0 saturated carbocycles. The average Bonchev–Trinajstić information content (AvgIpc) is 1.58. The van der Waals surface area contributed by atoms with E-state index in [4.69, 9.17) is 5.11 Å². The first kappa shape index (κ1) is 7.97. The number of rotatable bonds is 1. The largest absolute Gasteiger partial charge is 0.389 e. The summed E-state index contributed by atoms with van der Waals surface area (Å²) < 4.78 is 21.7. The second-order valence-electron chi connectivity index (χ2n) is 2.73. The summed E-state index contributed by atoms with van der Waals surface area (Å²) in [5.74, 6) is 0. The molecular formula is C5H11NO3S. The summed E-state index contributed by atoms with van der Waals surface area (Å²) in [5, 5.41) is 8.32. The van der Waals surface area contributed by atoms with Crippen molar-refractivity contribution in [3.63, 3.8) is 0 Å². The van der Waals surface area contributed by atoms with E-state index in [0.29, 0.717) is 6.54 Å². The van der Waals surface area contributed by atoms with Gasteiger partial charge in [0.05, 0.1) is 6.10 Å². The van der Waals surface area contributed by atoms with Gasteiger partial charge in [0.25, 0.3) is 0 Å². The van der Waals surface area contributed by atoms with E-state index in [0.717, 1.165) is 6.26 Å². The Morgan fingerprint density at radius 2 is 2.10 bits per heavy atom. The minimum absolute atomic E-state index is 0.456. The molecule has 1 heterocycles. The fourth-order valence-electron chi connectivity index (χ4n) is 1.26. The summed E-state index contributed by atoms with van der Waals surface area (Å²) >= 11 is 0. The Balaban J connectivity index is 2.74. The maximum atomic E-state index is 10.8. The molecule has 5 heteroatoms. The fourth-order valence-corrected chi connectivity index (χ4v) is 2.65. The summed E-state index contributed by atoms with van der Waals surface area (Å²) in [7, 11) is -1.41. The molecule has 0 amide bonds. The molecule has 1 fully saturated rings. The van der Waals surface area contributed by atoms with Crippen molar-refractivity contribution >= 4 is 9.84 Å². The van der Waals surface area contributed by atoms with Crippen molar-refractivity contribution in [2.75, 3.05) is 19.8 Å². The highest BCUT2D eigenvalue weighted by atomic mass is 32.2. The number of likely N-dealkylation sites (N-methyl/N-ethyl adjacent to an activating group) is 1. The van der Waals surface area contributed by atoms with Gasteiger partial charge in [0.15, 0.2) is 9.84 Å². The fraction of sp³-hybridized carbons (Fsp3) is 1.00. The molecule has 1 aliphatic heterocycles. The number of β-amino-alcohol motifs (C(OH)–C–C–N with tert-alkyl or cyclic N) is 1. The SMILES string of the molecule is CN1CC(O)C1S(C)(=O)=O. The number of likely N-dealkylation sites (tertiary alicyclic amines) is 1. The minimum Gasteiger partial charge on any atom is -0.389 e. The molecule has 2 unspecified atom stereocenters. The second-order valence-corrected chi connectivity index (χ2v) is 4.87. The van der Waals surface area contributed by atoms with Crippen molar-refractivity contribution in [1.29, 1.82) is 0 Å². The highest BCUT2D eigenvalue weighted by Gasteiger charge is 2.41. The van der Waals surface area contributed by atoms with Crippen molar-refractivity contribution in [1.82, 2.24) is 4.90 Å². The lowest BCUT2D eigenvalue weighted by Gasteiger charge is -2.40. The van der Waals surface area contributed by atoms with E-state index in [9.17, 15) is 8.42 Å². The average molecular weight is 165 g/mol. The molecule has 1 N–H and O–H groups in total. The smallest absolute Gasteiger partial charge is 0.166 e. The highest BCUT2D eigenvalue weighted by Crippen LogP contribution is 2.19. The van der Waals surface area contributed by atoms with Crippen molar-refractivity contribution in [3.05, 3.63) is 0 Å². The van der Waals surface area contributed by atoms with Crippen LogP contribution in [-0.2, 0) is 9.84 Å². The molecule has 1 saturated heterocycles. The Bertz CT molecular complexity index is 215. The second kappa shape index (κ2) is 2.18. The summed E-state index contributed by atoms with van der Waals surface area (Å²) in [6.07, 6.45) is 0.441. The van der Waals surface area contributed by atoms with Crippen LogP contribution in [0.2, 0.25) is 0 Å². The van der Waals surface area contributed by atoms with Gasteiger partial charge in [0.2, 0.25) is 0 Å². The number of hydrogen-bond donors (Lipinski definition) is 1. The predicted octanol–water partition coefficient (Wildman–Crippen LogP) is -1.34. The van der Waals surface area contributed by atoms with Gasteiger partial charge in [-0.2, -0.15) is 0 Å². The lowest BCUT2D eigenvalue weighted by Crippen LogP contribution is -2.61. The van der Waals surface area contributed by atoms with Crippen LogP contribution in [0.15, 0.2) is 0 Å². The molecule has 4 nitrogen and oxygen atoms in total. The molecule has 0 aliphatic carbocycles. The third kappa shape index (κ3) is 1.16. The van der Waals surface area contributed by atoms with Crippen LogP contribution in [0.3, 0.4) is 0 Å². The number of nitrogens with zero attached hydrogens (tertiary/aromatic N) is 1. The van der Waals surface area contributed by atoms with Crippen molar-refractivity contribution < 1.29 is 13.5 Å². The lowest BCUT2D eigenvalue weighted by atomic mass is 10.2. The number of sulfone groups is 1. The Kier molecular flexibility index (Phi) is 1.74. The van der Waals surface area contributed by atoms with Crippen LogP contribution in [0.1, 0.15) is 0 Å². The van der Waals surface area contributed by atoms with E-state index >= 15 is 0 Å². The molecule has 10 heavy (non-hydrogen) atoms. The Hall–Kier alpha value is -0.130. The van der Waals surface area contributed by atoms with Gasteiger partial charge in [-0.3, -0.25) is 4.90 Å². The van der Waals surface area contributed by atoms with E-state index in [2.05, 4.69) is 0 Å². The Morgan fingerprint density at radius 1 is 1.60 bits per heavy atom. The van der Waals surface area contributed by atoms with E-state index in [1.807, 2.05) is 0 Å². The predicted molar refractivity (Wildman–Crippen MR) is 37.3 cm³/mol. The highest BCUT2D eigenvalue weighted by molar-refractivity contribution is 7.91. The third-order valence-corrected chi connectivity index (χ3v) is 3.23. The summed E-state index contributed by atoms with van der Waals surface area (Å²) in [6, 6.07) is 0. The minimum atomic E-state index is -3.09. The van der Waals surface area contributed by atoms with Crippen LogP contribution in [-0.4, -0.2) is 49.8 Å². The first-order valence-electron chi connectivity index (χ1n) is 3.00. The Morgan fingerprint density at radius 3 is 2.20 bits per heavy atom. The monoisotopic (exact) mass is 165 g/mol. The van der Waals surface area contributed by atoms with Gasteiger partial charge in [-0.05, 0) is 7.05 Å². The van der Waals surface area contributed by atoms with Gasteiger partial charge in [-0.25, -0.2) is 8.42 Å². The van der Waals surface area contributed by atoms with E-state index in [-0.39, 0.29) is 0 Å². The van der Waals surface area contributed by atoms with Crippen molar-refractivity contribution in [2.45, 2.75) is 11.5 Å². The van der Waals surface area contributed by atoms with Gasteiger partial charge in [0.1, 0.15) is 5.37 Å². The molecule has 60 valence electrons. The molecule has 2 atom stereocenters. The summed E-state index contributed by atoms with van der Waals surface area (Å²) in [6.45, 7) is 0.456. The first-order valence-corrected chi connectivity index (χ1v) is 4.95. The molecular weight excluding hydrogens is 154 g/mol. The molecule has 0 aromatic rings. The zero-order valence-corrected chi connectivity index (χ0v) is 6.80. The van der Waals surface area contributed by atoms with Crippen LogP contribution < -0.4 is 0 Å². The van der Waals surface area contributed by atoms with Crippen LogP contribution >= 0.6 is 0 Å². The van der Waals surface area contributed by atoms with E-state index < -0.39 is 21.3 Å². The number of aliphatic hydroxyl groups is 1. The van der Waals surface area contributed by atoms with E-state index in [1.54, 1.807) is 11.9 Å². The zero-order chi connectivity index (χ0) is 7.94. The Labute approximate surface area is 60.4 Å². The topological polar surface area (TPSA) is 57.6 Å². The molecule has 0 aromatic heterocycles. The standard InChI is InChI=1S/C5H11NO3S/c1-6-3-4(7)5(6)10(2,8)9/h4-5,7H,3H2,1-2H3. The summed E-state index contributed by atoms with van der Waals surface area (Å²) in [5.41, 5.74) is 0. The molecule has 0 spiro atoms. The summed E-state index contributed by atoms with van der Waals surface area (Å²) in [4.78, 5) is 1.61. The van der Waals surface area contributed by atoms with Crippen LogP contribution in [0.4, 0.5) is 0 Å². The van der Waals surface area contributed by atoms with Gasteiger partial charge in [-0.1, -0.05) is 0 Å².